The van der Waals surface area contributed by atoms with Crippen LogP contribution in [-0.2, 0) is 9.59 Å². The van der Waals surface area contributed by atoms with Crippen LogP contribution in [0.5, 0.6) is 0 Å². The fourth-order valence-corrected chi connectivity index (χ4v) is 1.37. The number of amides is 1. The Morgan fingerprint density at radius 1 is 1.60 bits per heavy atom. The van der Waals surface area contributed by atoms with Crippen LogP contribution < -0.4 is 10.6 Å². The number of carboxylic acids is 1. The summed E-state index contributed by atoms with van der Waals surface area (Å²) in [7, 11) is 0. The molecule has 5 heteroatoms. The Morgan fingerprint density at radius 2 is 2.33 bits per heavy atom. The van der Waals surface area contributed by atoms with E-state index in [1.54, 1.807) is 6.08 Å². The van der Waals surface area contributed by atoms with Crippen LogP contribution in [0.2, 0.25) is 0 Å². The highest BCUT2D eigenvalue weighted by Crippen LogP contribution is 2.10. The highest BCUT2D eigenvalue weighted by atomic mass is 16.4. The average Bonchev–Trinajstić information content (AvgIpc) is 2.15. The molecule has 0 saturated heterocycles. The van der Waals surface area contributed by atoms with Crippen molar-refractivity contribution in [3.8, 4) is 0 Å². The number of rotatable bonds is 4. The first-order valence-corrected chi connectivity index (χ1v) is 4.69. The topological polar surface area (TPSA) is 78.4 Å². The van der Waals surface area contributed by atoms with E-state index in [2.05, 4.69) is 10.6 Å². The Balaban J connectivity index is 2.56. The van der Waals surface area contributed by atoms with Gasteiger partial charge in [0.25, 0.3) is 0 Å². The number of allylic oxidation sites excluding steroid dienone is 2. The van der Waals surface area contributed by atoms with Gasteiger partial charge in [-0.3, -0.25) is 9.59 Å². The van der Waals surface area contributed by atoms with E-state index in [-0.39, 0.29) is 18.5 Å². The van der Waals surface area contributed by atoms with Gasteiger partial charge in [-0.2, -0.15) is 0 Å². The van der Waals surface area contributed by atoms with Gasteiger partial charge < -0.3 is 15.7 Å². The number of carboxylic acid groups (broad SMARTS) is 1. The van der Waals surface area contributed by atoms with Crippen molar-refractivity contribution in [3.63, 3.8) is 0 Å². The van der Waals surface area contributed by atoms with E-state index >= 15 is 0 Å². The second kappa shape index (κ2) is 5.19. The zero-order valence-corrected chi connectivity index (χ0v) is 8.49. The lowest BCUT2D eigenvalue weighted by Crippen LogP contribution is -2.40. The summed E-state index contributed by atoms with van der Waals surface area (Å²) < 4.78 is 0. The molecule has 0 radical (unpaired) electrons. The SMILES string of the molecule is CC(=O)NC1CC=CC=C1NCC(=O)O. The molecule has 15 heavy (non-hydrogen) atoms. The van der Waals surface area contributed by atoms with Gasteiger partial charge in [0.15, 0.2) is 0 Å². The Hall–Kier alpha value is -1.78. The second-order valence-electron chi connectivity index (χ2n) is 3.29. The summed E-state index contributed by atoms with van der Waals surface area (Å²) in [4.78, 5) is 21.3. The van der Waals surface area contributed by atoms with Gasteiger partial charge in [0.2, 0.25) is 5.91 Å². The molecule has 1 atom stereocenters. The lowest BCUT2D eigenvalue weighted by Gasteiger charge is -2.22. The molecule has 0 aromatic rings. The van der Waals surface area contributed by atoms with Crippen molar-refractivity contribution in [2.75, 3.05) is 6.54 Å². The molecule has 1 rings (SSSR count). The van der Waals surface area contributed by atoms with E-state index in [9.17, 15) is 9.59 Å². The van der Waals surface area contributed by atoms with Crippen LogP contribution in [-0.4, -0.2) is 29.6 Å². The maximum atomic E-state index is 10.9. The van der Waals surface area contributed by atoms with Crippen LogP contribution >= 0.6 is 0 Å². The van der Waals surface area contributed by atoms with Crippen LogP contribution in [0.4, 0.5) is 0 Å². The highest BCUT2D eigenvalue weighted by molar-refractivity contribution is 5.74. The van der Waals surface area contributed by atoms with E-state index in [4.69, 9.17) is 5.11 Å². The van der Waals surface area contributed by atoms with Crippen molar-refractivity contribution < 1.29 is 14.7 Å². The summed E-state index contributed by atoms with van der Waals surface area (Å²) in [6, 6.07) is -0.146. The van der Waals surface area contributed by atoms with Gasteiger partial charge in [-0.1, -0.05) is 12.2 Å². The molecule has 0 aromatic carbocycles. The van der Waals surface area contributed by atoms with Crippen molar-refractivity contribution in [2.45, 2.75) is 19.4 Å². The maximum Gasteiger partial charge on any atom is 0.322 e. The quantitative estimate of drug-likeness (QED) is 0.610. The van der Waals surface area contributed by atoms with Gasteiger partial charge in [0, 0.05) is 12.6 Å². The number of carbonyl (C=O) groups is 2. The molecular formula is C10H14N2O3. The molecular weight excluding hydrogens is 196 g/mol. The van der Waals surface area contributed by atoms with Crippen molar-refractivity contribution in [2.24, 2.45) is 0 Å². The molecule has 0 fully saturated rings. The van der Waals surface area contributed by atoms with Crippen molar-refractivity contribution in [3.05, 3.63) is 23.9 Å². The van der Waals surface area contributed by atoms with Gasteiger partial charge in [-0.25, -0.2) is 0 Å². The second-order valence-corrected chi connectivity index (χ2v) is 3.29. The third kappa shape index (κ3) is 3.84. The van der Waals surface area contributed by atoms with E-state index in [0.29, 0.717) is 6.42 Å². The predicted molar refractivity (Wildman–Crippen MR) is 55.1 cm³/mol. The minimum atomic E-state index is -0.924. The molecule has 82 valence electrons. The Labute approximate surface area is 87.9 Å². The third-order valence-electron chi connectivity index (χ3n) is 1.98. The molecule has 0 heterocycles. The molecule has 1 aliphatic rings. The standard InChI is InChI=1S/C10H14N2O3/c1-7(13)12-9-5-3-2-4-8(9)11-6-10(14)15/h2-4,9,11H,5-6H2,1H3,(H,12,13)(H,14,15). The van der Waals surface area contributed by atoms with Crippen LogP contribution in [0.1, 0.15) is 13.3 Å². The lowest BCUT2D eigenvalue weighted by molar-refractivity contribution is -0.135. The van der Waals surface area contributed by atoms with Gasteiger partial charge in [0.1, 0.15) is 6.54 Å². The Kier molecular flexibility index (Phi) is 3.91. The zero-order chi connectivity index (χ0) is 11.3. The van der Waals surface area contributed by atoms with Gasteiger partial charge in [0.05, 0.1) is 6.04 Å². The van der Waals surface area contributed by atoms with Gasteiger partial charge in [-0.15, -0.1) is 0 Å². The van der Waals surface area contributed by atoms with Crippen LogP contribution in [0.3, 0.4) is 0 Å². The molecule has 0 saturated carbocycles. The highest BCUT2D eigenvalue weighted by Gasteiger charge is 2.16. The van der Waals surface area contributed by atoms with Gasteiger partial charge >= 0.3 is 5.97 Å². The minimum absolute atomic E-state index is 0.127. The molecule has 5 nitrogen and oxygen atoms in total. The zero-order valence-electron chi connectivity index (χ0n) is 8.49. The molecule has 0 aliphatic heterocycles. The largest absolute Gasteiger partial charge is 0.480 e. The Morgan fingerprint density at radius 3 is 2.93 bits per heavy atom. The summed E-state index contributed by atoms with van der Waals surface area (Å²) in [5.41, 5.74) is 0.732. The first kappa shape index (κ1) is 11.3. The number of carbonyl (C=O) groups excluding carboxylic acids is 1. The molecule has 3 N–H and O–H groups in total. The normalized spacial score (nSPS) is 19.3. The number of nitrogens with one attached hydrogen (secondary N) is 2. The van der Waals surface area contributed by atoms with E-state index in [1.165, 1.54) is 6.92 Å². The smallest absolute Gasteiger partial charge is 0.322 e. The van der Waals surface area contributed by atoms with E-state index < -0.39 is 5.97 Å². The summed E-state index contributed by atoms with van der Waals surface area (Å²) in [6.45, 7) is 1.29. The van der Waals surface area contributed by atoms with Gasteiger partial charge in [-0.05, 0) is 12.5 Å². The van der Waals surface area contributed by atoms with Crippen LogP contribution in [0.25, 0.3) is 0 Å². The molecule has 1 amide bonds. The fourth-order valence-electron chi connectivity index (χ4n) is 1.37. The first-order valence-electron chi connectivity index (χ1n) is 4.69. The van der Waals surface area contributed by atoms with Crippen molar-refractivity contribution >= 4 is 11.9 Å². The first-order chi connectivity index (χ1) is 7.09. The maximum absolute atomic E-state index is 10.9. The molecule has 0 aromatic heterocycles. The number of hydrogen-bond acceptors (Lipinski definition) is 3. The Bertz CT molecular complexity index is 321. The molecule has 1 aliphatic carbocycles. The van der Waals surface area contributed by atoms with Crippen molar-refractivity contribution in [1.29, 1.82) is 0 Å². The molecule has 0 bridgehead atoms. The monoisotopic (exact) mass is 210 g/mol. The average molecular weight is 210 g/mol. The summed E-state index contributed by atoms with van der Waals surface area (Å²) in [5, 5.41) is 14.0. The number of hydrogen-bond donors (Lipinski definition) is 3. The van der Waals surface area contributed by atoms with Crippen LogP contribution in [0.15, 0.2) is 23.9 Å². The fraction of sp³-hybridized carbons (Fsp3) is 0.400. The van der Waals surface area contributed by atoms with Crippen molar-refractivity contribution in [1.82, 2.24) is 10.6 Å². The molecule has 0 spiro atoms. The molecule has 1 unspecified atom stereocenters. The predicted octanol–water partition coefficient (Wildman–Crippen LogP) is 0.00910. The summed E-state index contributed by atoms with van der Waals surface area (Å²) in [5.74, 6) is -1.05. The minimum Gasteiger partial charge on any atom is -0.480 e. The van der Waals surface area contributed by atoms with Crippen LogP contribution in [0, 0.1) is 0 Å². The summed E-state index contributed by atoms with van der Waals surface area (Å²) in [6.07, 6.45) is 6.21. The lowest BCUT2D eigenvalue weighted by atomic mass is 10.0. The number of aliphatic carboxylic acids is 1. The summed E-state index contributed by atoms with van der Waals surface area (Å²) >= 11 is 0. The third-order valence-corrected chi connectivity index (χ3v) is 1.98. The van der Waals surface area contributed by atoms with E-state index in [0.717, 1.165) is 5.70 Å². The van der Waals surface area contributed by atoms with E-state index in [1.807, 2.05) is 12.2 Å².